The van der Waals surface area contributed by atoms with Crippen molar-refractivity contribution in [2.45, 2.75) is 45.3 Å². The van der Waals surface area contributed by atoms with Crippen LogP contribution in [0.15, 0.2) is 30.3 Å². The standard InChI is InChI=1S/C18H30N2O/c1-3-19(4-2)13-14-20-12-8-11-17(20)15-18(21)16-9-6-5-7-10-16/h5-7,9-10,17-18,21H,3-4,8,11-15H2,1-2H3. The Kier molecular flexibility index (Phi) is 6.68. The van der Waals surface area contributed by atoms with E-state index in [0.717, 1.165) is 38.2 Å². The van der Waals surface area contributed by atoms with Gasteiger partial charge in [-0.25, -0.2) is 0 Å². The van der Waals surface area contributed by atoms with Crippen molar-refractivity contribution in [3.8, 4) is 0 Å². The van der Waals surface area contributed by atoms with E-state index in [4.69, 9.17) is 0 Å². The van der Waals surface area contributed by atoms with Gasteiger partial charge in [0.25, 0.3) is 0 Å². The Hall–Kier alpha value is -0.900. The van der Waals surface area contributed by atoms with Crippen LogP contribution in [0.1, 0.15) is 44.8 Å². The molecule has 0 amide bonds. The number of benzene rings is 1. The van der Waals surface area contributed by atoms with Crippen LogP contribution in [0.4, 0.5) is 0 Å². The third-order valence-electron chi connectivity index (χ3n) is 4.78. The molecule has 0 saturated carbocycles. The van der Waals surface area contributed by atoms with Gasteiger partial charge in [0.05, 0.1) is 6.10 Å². The highest BCUT2D eigenvalue weighted by Crippen LogP contribution is 2.27. The molecule has 3 heteroatoms. The van der Waals surface area contributed by atoms with Gasteiger partial charge in [0, 0.05) is 19.1 Å². The van der Waals surface area contributed by atoms with Crippen LogP contribution in [-0.2, 0) is 0 Å². The minimum absolute atomic E-state index is 0.328. The lowest BCUT2D eigenvalue weighted by Crippen LogP contribution is -2.38. The number of hydrogen-bond acceptors (Lipinski definition) is 3. The Labute approximate surface area is 129 Å². The number of aliphatic hydroxyl groups is 1. The number of likely N-dealkylation sites (tertiary alicyclic amines) is 1. The molecule has 1 aliphatic rings. The van der Waals surface area contributed by atoms with E-state index < -0.39 is 0 Å². The van der Waals surface area contributed by atoms with Gasteiger partial charge in [-0.3, -0.25) is 4.90 Å². The molecule has 1 N–H and O–H groups in total. The van der Waals surface area contributed by atoms with E-state index in [1.54, 1.807) is 0 Å². The molecule has 3 nitrogen and oxygen atoms in total. The summed E-state index contributed by atoms with van der Waals surface area (Å²) >= 11 is 0. The van der Waals surface area contributed by atoms with Crippen molar-refractivity contribution in [1.29, 1.82) is 0 Å². The normalized spacial score (nSPS) is 21.0. The summed E-state index contributed by atoms with van der Waals surface area (Å²) in [5.74, 6) is 0. The predicted molar refractivity (Wildman–Crippen MR) is 88.4 cm³/mol. The number of hydrogen-bond donors (Lipinski definition) is 1. The SMILES string of the molecule is CCN(CC)CCN1CCCC1CC(O)c1ccccc1. The Morgan fingerprint density at radius 2 is 1.95 bits per heavy atom. The molecule has 1 aliphatic heterocycles. The van der Waals surface area contributed by atoms with Gasteiger partial charge in [-0.1, -0.05) is 44.2 Å². The van der Waals surface area contributed by atoms with Gasteiger partial charge in [0.1, 0.15) is 0 Å². The molecule has 118 valence electrons. The summed E-state index contributed by atoms with van der Waals surface area (Å²) in [4.78, 5) is 5.05. The first-order valence-corrected chi connectivity index (χ1v) is 8.44. The number of likely N-dealkylation sites (N-methyl/N-ethyl adjacent to an activating group) is 1. The maximum atomic E-state index is 10.4. The highest BCUT2D eigenvalue weighted by Gasteiger charge is 2.26. The highest BCUT2D eigenvalue weighted by atomic mass is 16.3. The summed E-state index contributed by atoms with van der Waals surface area (Å²) in [6.07, 6.45) is 3.03. The van der Waals surface area contributed by atoms with E-state index in [1.165, 1.54) is 19.4 Å². The Morgan fingerprint density at radius 3 is 2.62 bits per heavy atom. The minimum atomic E-state index is -0.328. The molecule has 21 heavy (non-hydrogen) atoms. The fourth-order valence-corrected chi connectivity index (χ4v) is 3.34. The van der Waals surface area contributed by atoms with E-state index in [0.29, 0.717) is 6.04 Å². The zero-order valence-electron chi connectivity index (χ0n) is 13.5. The zero-order valence-corrected chi connectivity index (χ0v) is 13.5. The van der Waals surface area contributed by atoms with Crippen molar-refractivity contribution in [2.75, 3.05) is 32.7 Å². The van der Waals surface area contributed by atoms with E-state index in [-0.39, 0.29) is 6.10 Å². The molecule has 0 bridgehead atoms. The second kappa shape index (κ2) is 8.52. The first-order valence-electron chi connectivity index (χ1n) is 8.44. The molecular weight excluding hydrogens is 260 g/mol. The maximum absolute atomic E-state index is 10.4. The van der Waals surface area contributed by atoms with Gasteiger partial charge in [0.2, 0.25) is 0 Å². The molecule has 0 radical (unpaired) electrons. The van der Waals surface area contributed by atoms with Crippen molar-refractivity contribution >= 4 is 0 Å². The van der Waals surface area contributed by atoms with Gasteiger partial charge in [-0.2, -0.15) is 0 Å². The minimum Gasteiger partial charge on any atom is -0.388 e. The van der Waals surface area contributed by atoms with Gasteiger partial charge >= 0.3 is 0 Å². The zero-order chi connectivity index (χ0) is 15.1. The number of rotatable bonds is 8. The molecule has 1 heterocycles. The molecule has 1 saturated heterocycles. The average molecular weight is 290 g/mol. The predicted octanol–water partition coefficient (Wildman–Crippen LogP) is 2.92. The first kappa shape index (κ1) is 16.5. The molecule has 1 aromatic rings. The molecule has 1 aromatic carbocycles. The average Bonchev–Trinajstić information content (AvgIpc) is 2.96. The van der Waals surface area contributed by atoms with E-state index in [9.17, 15) is 5.11 Å². The summed E-state index contributed by atoms with van der Waals surface area (Å²) in [5, 5.41) is 10.4. The molecule has 2 unspecified atom stereocenters. The number of nitrogens with zero attached hydrogens (tertiary/aromatic N) is 2. The highest BCUT2D eigenvalue weighted by molar-refractivity contribution is 5.17. The van der Waals surface area contributed by atoms with Crippen molar-refractivity contribution in [3.05, 3.63) is 35.9 Å². The Balaban J connectivity index is 1.84. The molecule has 2 atom stereocenters. The quantitative estimate of drug-likeness (QED) is 0.797. The van der Waals surface area contributed by atoms with Gasteiger partial charge in [-0.15, -0.1) is 0 Å². The van der Waals surface area contributed by atoms with Crippen LogP contribution < -0.4 is 0 Å². The third kappa shape index (κ3) is 4.80. The van der Waals surface area contributed by atoms with Crippen molar-refractivity contribution in [2.24, 2.45) is 0 Å². The molecule has 0 aliphatic carbocycles. The maximum Gasteiger partial charge on any atom is 0.0805 e. The van der Waals surface area contributed by atoms with Gasteiger partial charge in [0.15, 0.2) is 0 Å². The Morgan fingerprint density at radius 1 is 1.24 bits per heavy atom. The van der Waals surface area contributed by atoms with E-state index >= 15 is 0 Å². The smallest absolute Gasteiger partial charge is 0.0805 e. The summed E-state index contributed by atoms with van der Waals surface area (Å²) in [5.41, 5.74) is 1.05. The lowest BCUT2D eigenvalue weighted by molar-refractivity contribution is 0.114. The first-order chi connectivity index (χ1) is 10.2. The van der Waals surface area contributed by atoms with Crippen molar-refractivity contribution < 1.29 is 5.11 Å². The van der Waals surface area contributed by atoms with Crippen LogP contribution >= 0.6 is 0 Å². The fraction of sp³-hybridized carbons (Fsp3) is 0.667. The largest absolute Gasteiger partial charge is 0.388 e. The van der Waals surface area contributed by atoms with Crippen LogP contribution in [-0.4, -0.2) is 53.7 Å². The molecule has 2 rings (SSSR count). The van der Waals surface area contributed by atoms with Gasteiger partial charge in [-0.05, 0) is 44.5 Å². The Bertz CT molecular complexity index is 391. The molecule has 0 aromatic heterocycles. The summed E-state index contributed by atoms with van der Waals surface area (Å²) in [6.45, 7) is 10.2. The van der Waals surface area contributed by atoms with E-state index in [2.05, 4.69) is 23.6 Å². The van der Waals surface area contributed by atoms with Crippen LogP contribution in [0, 0.1) is 0 Å². The lowest BCUT2D eigenvalue weighted by Gasteiger charge is -2.29. The second-order valence-corrected chi connectivity index (χ2v) is 6.02. The third-order valence-corrected chi connectivity index (χ3v) is 4.78. The van der Waals surface area contributed by atoms with Gasteiger partial charge < -0.3 is 10.0 Å². The van der Waals surface area contributed by atoms with Crippen LogP contribution in [0.5, 0.6) is 0 Å². The fourth-order valence-electron chi connectivity index (χ4n) is 3.34. The van der Waals surface area contributed by atoms with E-state index in [1.807, 2.05) is 30.3 Å². The topological polar surface area (TPSA) is 26.7 Å². The van der Waals surface area contributed by atoms with Crippen molar-refractivity contribution in [3.63, 3.8) is 0 Å². The molecular formula is C18H30N2O. The van der Waals surface area contributed by atoms with Crippen molar-refractivity contribution in [1.82, 2.24) is 9.80 Å². The summed E-state index contributed by atoms with van der Waals surface area (Å²) in [7, 11) is 0. The summed E-state index contributed by atoms with van der Waals surface area (Å²) in [6, 6.07) is 10.6. The number of aliphatic hydroxyl groups excluding tert-OH is 1. The van der Waals surface area contributed by atoms with Crippen LogP contribution in [0.2, 0.25) is 0 Å². The van der Waals surface area contributed by atoms with Crippen LogP contribution in [0.25, 0.3) is 0 Å². The lowest BCUT2D eigenvalue weighted by atomic mass is 10.0. The molecule has 0 spiro atoms. The summed E-state index contributed by atoms with van der Waals surface area (Å²) < 4.78 is 0. The van der Waals surface area contributed by atoms with Crippen LogP contribution in [0.3, 0.4) is 0 Å². The monoisotopic (exact) mass is 290 g/mol. The molecule has 1 fully saturated rings. The second-order valence-electron chi connectivity index (χ2n) is 6.02.